The molecule has 1 aromatic carbocycles. The summed E-state index contributed by atoms with van der Waals surface area (Å²) >= 11 is 0. The molecule has 0 saturated heterocycles. The van der Waals surface area contributed by atoms with Crippen molar-refractivity contribution in [2.45, 2.75) is 13.8 Å². The molecule has 0 aliphatic heterocycles. The molecule has 0 aliphatic rings. The van der Waals surface area contributed by atoms with Gasteiger partial charge in [-0.1, -0.05) is 12.1 Å². The van der Waals surface area contributed by atoms with Crippen molar-refractivity contribution in [2.75, 3.05) is 4.90 Å². The standard InChI is InChI=1S/C11H11NO3/c1-8(14)10-5-3-4-6-11(10)12(7-13)9(2)15/h3-7H,1-2H3. The monoisotopic (exact) mass is 205 g/mol. The summed E-state index contributed by atoms with van der Waals surface area (Å²) in [5.74, 6) is -0.600. The van der Waals surface area contributed by atoms with Gasteiger partial charge in [0.05, 0.1) is 5.69 Å². The molecule has 78 valence electrons. The van der Waals surface area contributed by atoms with Crippen molar-refractivity contribution in [3.63, 3.8) is 0 Å². The van der Waals surface area contributed by atoms with Gasteiger partial charge in [0.1, 0.15) is 0 Å². The molecule has 1 aromatic rings. The van der Waals surface area contributed by atoms with E-state index in [4.69, 9.17) is 0 Å². The molecule has 0 aromatic heterocycles. The number of rotatable bonds is 3. The van der Waals surface area contributed by atoms with Crippen molar-refractivity contribution >= 4 is 23.8 Å². The summed E-state index contributed by atoms with van der Waals surface area (Å²) in [7, 11) is 0. The smallest absolute Gasteiger partial charge is 0.230 e. The second-order valence-electron chi connectivity index (χ2n) is 3.07. The fraction of sp³-hybridized carbons (Fsp3) is 0.182. The average molecular weight is 205 g/mol. The van der Waals surface area contributed by atoms with Gasteiger partial charge in [-0.05, 0) is 19.1 Å². The van der Waals surface area contributed by atoms with E-state index in [0.29, 0.717) is 17.7 Å². The number of para-hydroxylation sites is 1. The van der Waals surface area contributed by atoms with Crippen LogP contribution in [0.4, 0.5) is 5.69 Å². The number of ketones is 1. The highest BCUT2D eigenvalue weighted by Gasteiger charge is 2.15. The van der Waals surface area contributed by atoms with Crippen LogP contribution in [0.15, 0.2) is 24.3 Å². The van der Waals surface area contributed by atoms with Crippen LogP contribution in [0.5, 0.6) is 0 Å². The lowest BCUT2D eigenvalue weighted by molar-refractivity contribution is -0.120. The van der Waals surface area contributed by atoms with E-state index in [1.807, 2.05) is 0 Å². The van der Waals surface area contributed by atoms with Gasteiger partial charge in [-0.2, -0.15) is 0 Å². The van der Waals surface area contributed by atoms with Crippen LogP contribution in [-0.4, -0.2) is 18.1 Å². The Bertz CT molecular complexity index is 412. The van der Waals surface area contributed by atoms with Crippen LogP contribution >= 0.6 is 0 Å². The van der Waals surface area contributed by atoms with Crippen LogP contribution < -0.4 is 4.90 Å². The van der Waals surface area contributed by atoms with Crippen molar-refractivity contribution < 1.29 is 14.4 Å². The van der Waals surface area contributed by atoms with Gasteiger partial charge >= 0.3 is 0 Å². The number of Topliss-reactive ketones (excluding diaryl/α,β-unsaturated/α-hetero) is 1. The predicted octanol–water partition coefficient (Wildman–Crippen LogP) is 1.40. The second-order valence-corrected chi connectivity index (χ2v) is 3.07. The predicted molar refractivity (Wildman–Crippen MR) is 55.7 cm³/mol. The van der Waals surface area contributed by atoms with Crippen molar-refractivity contribution in [1.29, 1.82) is 0 Å². The third kappa shape index (κ3) is 2.28. The van der Waals surface area contributed by atoms with Crippen LogP contribution in [0.1, 0.15) is 24.2 Å². The molecule has 4 nitrogen and oxygen atoms in total. The van der Waals surface area contributed by atoms with E-state index in [9.17, 15) is 14.4 Å². The molecule has 0 N–H and O–H groups in total. The molecule has 2 amide bonds. The Morgan fingerprint density at radius 3 is 2.27 bits per heavy atom. The van der Waals surface area contributed by atoms with Gasteiger partial charge in [-0.25, -0.2) is 0 Å². The topological polar surface area (TPSA) is 54.5 Å². The van der Waals surface area contributed by atoms with Gasteiger partial charge in [-0.3, -0.25) is 19.3 Å². The molecule has 0 fully saturated rings. The maximum atomic E-state index is 11.3. The van der Waals surface area contributed by atoms with Gasteiger partial charge < -0.3 is 0 Å². The van der Waals surface area contributed by atoms with Crippen LogP contribution in [-0.2, 0) is 9.59 Å². The maximum absolute atomic E-state index is 11.3. The Labute approximate surface area is 87.5 Å². The highest BCUT2D eigenvalue weighted by atomic mass is 16.2. The van der Waals surface area contributed by atoms with Crippen LogP contribution in [0.25, 0.3) is 0 Å². The van der Waals surface area contributed by atoms with E-state index >= 15 is 0 Å². The zero-order valence-electron chi connectivity index (χ0n) is 8.56. The van der Waals surface area contributed by atoms with Crippen LogP contribution in [0.3, 0.4) is 0 Å². The van der Waals surface area contributed by atoms with E-state index < -0.39 is 5.91 Å². The molecule has 0 heterocycles. The first-order chi connectivity index (χ1) is 7.07. The molecule has 0 radical (unpaired) electrons. The average Bonchev–Trinajstić information content (AvgIpc) is 2.18. The lowest BCUT2D eigenvalue weighted by Crippen LogP contribution is -2.27. The number of carbonyl (C=O) groups is 3. The third-order valence-electron chi connectivity index (χ3n) is 1.99. The number of carbonyl (C=O) groups excluding carboxylic acids is 3. The van der Waals surface area contributed by atoms with Crippen molar-refractivity contribution in [3.05, 3.63) is 29.8 Å². The third-order valence-corrected chi connectivity index (χ3v) is 1.99. The summed E-state index contributed by atoms with van der Waals surface area (Å²) in [6.07, 6.45) is 0.407. The summed E-state index contributed by atoms with van der Waals surface area (Å²) in [4.78, 5) is 34.0. The molecular formula is C11H11NO3. The van der Waals surface area contributed by atoms with Gasteiger partial charge in [0.2, 0.25) is 12.3 Å². The molecule has 4 heteroatoms. The number of imide groups is 1. The Kier molecular flexibility index (Phi) is 3.33. The summed E-state index contributed by atoms with van der Waals surface area (Å²) in [5.41, 5.74) is 0.687. The number of anilines is 1. The second kappa shape index (κ2) is 4.50. The first kappa shape index (κ1) is 11.1. The van der Waals surface area contributed by atoms with Crippen molar-refractivity contribution in [1.82, 2.24) is 0 Å². The van der Waals surface area contributed by atoms with E-state index in [2.05, 4.69) is 0 Å². The molecule has 0 atom stereocenters. The molecule has 0 aliphatic carbocycles. The molecule has 0 saturated carbocycles. The Balaban J connectivity index is 3.28. The maximum Gasteiger partial charge on any atom is 0.230 e. The lowest BCUT2D eigenvalue weighted by atomic mass is 10.1. The zero-order valence-corrected chi connectivity index (χ0v) is 8.56. The minimum atomic E-state index is -0.418. The molecule has 1 rings (SSSR count). The largest absolute Gasteiger partial charge is 0.294 e. The van der Waals surface area contributed by atoms with Crippen LogP contribution in [0.2, 0.25) is 0 Å². The SMILES string of the molecule is CC(=O)c1ccccc1N(C=O)C(C)=O. The minimum Gasteiger partial charge on any atom is -0.294 e. The molecule has 0 spiro atoms. The Morgan fingerprint density at radius 2 is 1.80 bits per heavy atom. The quantitative estimate of drug-likeness (QED) is 0.553. The summed E-state index contributed by atoms with van der Waals surface area (Å²) in [6, 6.07) is 6.49. The number of nitrogens with zero attached hydrogens (tertiary/aromatic N) is 1. The van der Waals surface area contributed by atoms with Crippen molar-refractivity contribution in [3.8, 4) is 0 Å². The lowest BCUT2D eigenvalue weighted by Gasteiger charge is -2.15. The van der Waals surface area contributed by atoms with Gasteiger partial charge in [0, 0.05) is 12.5 Å². The van der Waals surface area contributed by atoms with Gasteiger partial charge in [0.15, 0.2) is 5.78 Å². The number of hydrogen-bond donors (Lipinski definition) is 0. The number of benzene rings is 1. The molecular weight excluding hydrogens is 194 g/mol. The summed E-state index contributed by atoms with van der Waals surface area (Å²) in [6.45, 7) is 2.66. The highest BCUT2D eigenvalue weighted by Crippen LogP contribution is 2.19. The zero-order chi connectivity index (χ0) is 11.4. The van der Waals surface area contributed by atoms with Gasteiger partial charge in [0.25, 0.3) is 0 Å². The van der Waals surface area contributed by atoms with Gasteiger partial charge in [-0.15, -0.1) is 0 Å². The molecule has 0 unspecified atom stereocenters. The van der Waals surface area contributed by atoms with Crippen LogP contribution in [0, 0.1) is 0 Å². The number of hydrogen-bond acceptors (Lipinski definition) is 3. The highest BCUT2D eigenvalue weighted by molar-refractivity contribution is 6.11. The molecule has 15 heavy (non-hydrogen) atoms. The van der Waals surface area contributed by atoms with E-state index in [1.54, 1.807) is 24.3 Å². The van der Waals surface area contributed by atoms with E-state index in [0.717, 1.165) is 4.90 Å². The van der Waals surface area contributed by atoms with E-state index in [-0.39, 0.29) is 5.78 Å². The Morgan fingerprint density at radius 1 is 1.20 bits per heavy atom. The summed E-state index contributed by atoms with van der Waals surface area (Å²) < 4.78 is 0. The normalized spacial score (nSPS) is 9.47. The fourth-order valence-corrected chi connectivity index (χ4v) is 1.28. The molecule has 0 bridgehead atoms. The van der Waals surface area contributed by atoms with E-state index in [1.165, 1.54) is 13.8 Å². The summed E-state index contributed by atoms with van der Waals surface area (Å²) in [5, 5.41) is 0. The minimum absolute atomic E-state index is 0.182. The first-order valence-electron chi connectivity index (χ1n) is 4.43. The fourth-order valence-electron chi connectivity index (χ4n) is 1.28. The first-order valence-corrected chi connectivity index (χ1v) is 4.43. The van der Waals surface area contributed by atoms with Crippen molar-refractivity contribution in [2.24, 2.45) is 0 Å². The number of amides is 2. The Hall–Kier alpha value is -1.97.